The van der Waals surface area contributed by atoms with Gasteiger partial charge in [0.1, 0.15) is 0 Å². The Morgan fingerprint density at radius 3 is 1.00 bits per heavy atom. The minimum atomic E-state index is -5.80. The van der Waals surface area contributed by atoms with Crippen LogP contribution < -0.4 is 0 Å². The number of aliphatic carboxylic acids is 2. The summed E-state index contributed by atoms with van der Waals surface area (Å²) in [6.45, 7) is 0. The van der Waals surface area contributed by atoms with E-state index in [9.17, 15) is 35.9 Å². The van der Waals surface area contributed by atoms with Gasteiger partial charge < -0.3 is 10.2 Å². The normalized spacial score (nSPS) is 16.6. The molecule has 0 heterocycles. The van der Waals surface area contributed by atoms with Crippen LogP contribution in [-0.2, 0) is 9.59 Å². The van der Waals surface area contributed by atoms with Crippen molar-refractivity contribution < 1.29 is 46.1 Å². The van der Waals surface area contributed by atoms with Crippen LogP contribution in [0.2, 0.25) is 0 Å². The summed E-state index contributed by atoms with van der Waals surface area (Å²) in [7, 11) is 0. The molecule has 0 saturated carbocycles. The van der Waals surface area contributed by atoms with Crippen LogP contribution in [0.25, 0.3) is 0 Å². The first-order valence-electron chi connectivity index (χ1n) is 3.48. The van der Waals surface area contributed by atoms with Crippen LogP contribution in [0.3, 0.4) is 0 Å². The Hall–Kier alpha value is -1.48. The van der Waals surface area contributed by atoms with Crippen molar-refractivity contribution in [1.29, 1.82) is 0 Å². The summed E-state index contributed by atoms with van der Waals surface area (Å²) in [4.78, 5) is 20.1. The van der Waals surface area contributed by atoms with Gasteiger partial charge in [-0.1, -0.05) is 0 Å². The summed E-state index contributed by atoms with van der Waals surface area (Å²) in [5, 5.41) is 16.0. The zero-order valence-corrected chi connectivity index (χ0v) is 7.13. The van der Waals surface area contributed by atoms with E-state index in [0.29, 0.717) is 0 Å². The van der Waals surface area contributed by atoms with E-state index in [1.807, 2.05) is 0 Å². The molecule has 0 aliphatic heterocycles. The fourth-order valence-electron chi connectivity index (χ4n) is 0.943. The number of alkyl halides is 6. The number of hydrogen-bond acceptors (Lipinski definition) is 2. The molecule has 4 nitrogen and oxygen atoms in total. The summed E-state index contributed by atoms with van der Waals surface area (Å²) in [6, 6.07) is 0. The van der Waals surface area contributed by atoms with Crippen LogP contribution in [-0.4, -0.2) is 34.5 Å². The van der Waals surface area contributed by atoms with E-state index < -0.39 is 36.1 Å². The van der Waals surface area contributed by atoms with Gasteiger partial charge in [-0.25, -0.2) is 0 Å². The third-order valence-corrected chi connectivity index (χ3v) is 1.57. The van der Waals surface area contributed by atoms with Crippen molar-refractivity contribution in [2.24, 2.45) is 11.8 Å². The molecule has 0 spiro atoms. The Balaban J connectivity index is 5.48. The number of hydrogen-bond donors (Lipinski definition) is 2. The highest BCUT2D eigenvalue weighted by Crippen LogP contribution is 2.41. The Morgan fingerprint density at radius 1 is 0.750 bits per heavy atom. The van der Waals surface area contributed by atoms with Crippen molar-refractivity contribution in [3.63, 3.8) is 0 Å². The van der Waals surface area contributed by atoms with Gasteiger partial charge in [-0.15, -0.1) is 0 Å². The molecular formula is C6H4F6O4. The lowest BCUT2D eigenvalue weighted by atomic mass is 9.91. The second-order valence-electron chi connectivity index (χ2n) is 2.72. The molecule has 0 bridgehead atoms. The third-order valence-electron chi connectivity index (χ3n) is 1.57. The zero-order chi connectivity index (χ0) is 13.3. The average molecular weight is 254 g/mol. The van der Waals surface area contributed by atoms with Gasteiger partial charge >= 0.3 is 24.3 Å². The smallest absolute Gasteiger partial charge is 0.403 e. The fraction of sp³-hybridized carbons (Fsp3) is 0.667. The van der Waals surface area contributed by atoms with Crippen molar-refractivity contribution in [3.05, 3.63) is 0 Å². The lowest BCUT2D eigenvalue weighted by Crippen LogP contribution is -2.47. The molecule has 10 heteroatoms. The van der Waals surface area contributed by atoms with Gasteiger partial charge in [0, 0.05) is 0 Å². The molecule has 0 rings (SSSR count). The molecule has 0 aliphatic rings. The van der Waals surface area contributed by atoms with Crippen LogP contribution in [0.1, 0.15) is 0 Å². The monoisotopic (exact) mass is 254 g/mol. The zero-order valence-electron chi connectivity index (χ0n) is 7.13. The average Bonchev–Trinajstić information content (AvgIpc) is 1.92. The first-order valence-corrected chi connectivity index (χ1v) is 3.48. The first-order chi connectivity index (χ1) is 6.89. The van der Waals surface area contributed by atoms with E-state index >= 15 is 0 Å². The predicted octanol–water partition coefficient (Wildman–Crippen LogP) is 1.51. The molecule has 0 aliphatic carbocycles. The summed E-state index contributed by atoms with van der Waals surface area (Å²) < 4.78 is 71.8. The molecule has 0 fully saturated rings. The predicted molar refractivity (Wildman–Crippen MR) is 34.4 cm³/mol. The molecule has 2 atom stereocenters. The standard InChI is InChI=1S/C6H4F6O4/c7-5(8,9)1(3(13)14)2(4(15)16)6(10,11)12/h1-2H,(H,13,14)(H,15,16). The molecule has 0 aromatic carbocycles. The maximum Gasteiger partial charge on any atom is 0.403 e. The van der Waals surface area contributed by atoms with Crippen LogP contribution in [0.15, 0.2) is 0 Å². The highest BCUT2D eigenvalue weighted by atomic mass is 19.4. The Morgan fingerprint density at radius 2 is 0.938 bits per heavy atom. The van der Waals surface area contributed by atoms with Crippen molar-refractivity contribution in [2.45, 2.75) is 12.4 Å². The molecular weight excluding hydrogens is 250 g/mol. The van der Waals surface area contributed by atoms with Gasteiger partial charge in [0.05, 0.1) is 0 Å². The maximum atomic E-state index is 12.0. The highest BCUT2D eigenvalue weighted by molar-refractivity contribution is 5.81. The second-order valence-corrected chi connectivity index (χ2v) is 2.72. The van der Waals surface area contributed by atoms with Crippen LogP contribution in [0.4, 0.5) is 26.3 Å². The molecule has 0 radical (unpaired) electrons. The van der Waals surface area contributed by atoms with Crippen molar-refractivity contribution >= 4 is 11.9 Å². The van der Waals surface area contributed by atoms with E-state index in [1.54, 1.807) is 0 Å². The number of rotatable bonds is 3. The molecule has 2 N–H and O–H groups in total. The highest BCUT2D eigenvalue weighted by Gasteiger charge is 2.62. The van der Waals surface area contributed by atoms with E-state index in [1.165, 1.54) is 0 Å². The number of carbonyl (C=O) groups is 2. The molecule has 0 saturated heterocycles. The molecule has 16 heavy (non-hydrogen) atoms. The first kappa shape index (κ1) is 14.5. The van der Waals surface area contributed by atoms with Gasteiger partial charge in [-0.05, 0) is 0 Å². The van der Waals surface area contributed by atoms with E-state index in [-0.39, 0.29) is 0 Å². The van der Waals surface area contributed by atoms with E-state index in [4.69, 9.17) is 10.2 Å². The van der Waals surface area contributed by atoms with Gasteiger partial charge in [-0.3, -0.25) is 9.59 Å². The van der Waals surface area contributed by atoms with E-state index in [2.05, 4.69) is 0 Å². The quantitative estimate of drug-likeness (QED) is 0.748. The van der Waals surface area contributed by atoms with Crippen molar-refractivity contribution in [1.82, 2.24) is 0 Å². The SMILES string of the molecule is O=C(O)C(C(C(=O)O)C(F)(F)F)C(F)(F)F. The third kappa shape index (κ3) is 3.28. The molecule has 2 unspecified atom stereocenters. The summed E-state index contributed by atoms with van der Waals surface area (Å²) in [6.07, 6.45) is -11.6. The molecule has 0 aromatic rings. The topological polar surface area (TPSA) is 74.6 Å². The minimum absolute atomic E-state index is 2.89. The van der Waals surface area contributed by atoms with Crippen molar-refractivity contribution in [3.8, 4) is 0 Å². The van der Waals surface area contributed by atoms with Gasteiger partial charge in [0.25, 0.3) is 0 Å². The molecule has 94 valence electrons. The lowest BCUT2D eigenvalue weighted by molar-refractivity contribution is -0.255. The van der Waals surface area contributed by atoms with Gasteiger partial charge in [0.15, 0.2) is 11.8 Å². The molecule has 0 amide bonds. The lowest BCUT2D eigenvalue weighted by Gasteiger charge is -2.24. The Kier molecular flexibility index (Phi) is 3.79. The van der Waals surface area contributed by atoms with Gasteiger partial charge in [0.2, 0.25) is 0 Å². The Labute approximate surface area is 83.5 Å². The summed E-state index contributed by atoms with van der Waals surface area (Å²) >= 11 is 0. The maximum absolute atomic E-state index is 12.0. The van der Waals surface area contributed by atoms with E-state index in [0.717, 1.165) is 0 Å². The van der Waals surface area contributed by atoms with Crippen LogP contribution in [0.5, 0.6) is 0 Å². The van der Waals surface area contributed by atoms with Gasteiger partial charge in [-0.2, -0.15) is 26.3 Å². The van der Waals surface area contributed by atoms with Crippen LogP contribution in [0, 0.1) is 11.8 Å². The molecule has 0 aromatic heterocycles. The number of carboxylic acid groups (broad SMARTS) is 2. The minimum Gasteiger partial charge on any atom is -0.481 e. The summed E-state index contributed by atoms with van der Waals surface area (Å²) in [5.74, 6) is -13.8. The number of carboxylic acids is 2. The Bertz CT molecular complexity index is 262. The second kappa shape index (κ2) is 4.18. The number of halogens is 6. The fourth-order valence-corrected chi connectivity index (χ4v) is 0.943. The van der Waals surface area contributed by atoms with Crippen molar-refractivity contribution in [2.75, 3.05) is 0 Å². The summed E-state index contributed by atoms with van der Waals surface area (Å²) in [5.41, 5.74) is 0. The largest absolute Gasteiger partial charge is 0.481 e. The van der Waals surface area contributed by atoms with Crippen LogP contribution >= 0.6 is 0 Å².